The molecular formula is C30H44N4. The van der Waals surface area contributed by atoms with Crippen LogP contribution in [0.3, 0.4) is 0 Å². The van der Waals surface area contributed by atoms with E-state index < -0.39 is 0 Å². The zero-order chi connectivity index (χ0) is 23.5. The normalized spacial score (nSPS) is 29.9. The van der Waals surface area contributed by atoms with Crippen molar-refractivity contribution in [2.24, 2.45) is 11.8 Å². The van der Waals surface area contributed by atoms with Gasteiger partial charge in [-0.3, -0.25) is 4.90 Å². The lowest BCUT2D eigenvalue weighted by atomic mass is 9.65. The number of hydrogen-bond donors (Lipinski definition) is 0. The fourth-order valence-corrected chi connectivity index (χ4v) is 7.06. The zero-order valence-corrected chi connectivity index (χ0v) is 21.5. The Balaban J connectivity index is 1.42. The maximum Gasteiger partial charge on any atom is 0.0757 e. The van der Waals surface area contributed by atoms with E-state index in [-0.39, 0.29) is 0 Å². The number of likely N-dealkylation sites (N-methyl/N-ethyl adjacent to an activating group) is 1. The molecule has 184 valence electrons. The van der Waals surface area contributed by atoms with E-state index in [4.69, 9.17) is 0 Å². The summed E-state index contributed by atoms with van der Waals surface area (Å²) < 4.78 is 0. The van der Waals surface area contributed by atoms with Crippen LogP contribution in [0, 0.1) is 11.8 Å². The molecule has 6 rings (SSSR count). The van der Waals surface area contributed by atoms with Crippen molar-refractivity contribution in [2.75, 3.05) is 53.4 Å². The highest BCUT2D eigenvalue weighted by Crippen LogP contribution is 2.51. The Morgan fingerprint density at radius 2 is 1.38 bits per heavy atom. The molecule has 4 aliphatic rings. The molecule has 0 N–H and O–H groups in total. The number of hydrogen-bond acceptors (Lipinski definition) is 4. The predicted molar refractivity (Wildman–Crippen MR) is 142 cm³/mol. The molecule has 34 heavy (non-hydrogen) atoms. The van der Waals surface area contributed by atoms with Crippen LogP contribution in [0.1, 0.15) is 55.6 Å². The van der Waals surface area contributed by atoms with Gasteiger partial charge in [0.1, 0.15) is 0 Å². The Bertz CT molecular complexity index is 830. The molecule has 3 unspecified atom stereocenters. The number of fused-ring (bicyclic) bond motifs is 4. The quantitative estimate of drug-likeness (QED) is 0.569. The third kappa shape index (κ3) is 5.11. The van der Waals surface area contributed by atoms with Crippen LogP contribution in [0.15, 0.2) is 60.7 Å². The molecular weight excluding hydrogens is 416 g/mol. The maximum absolute atomic E-state index is 2.76. The molecule has 3 saturated heterocycles. The molecule has 0 aromatic heterocycles. The molecule has 3 heterocycles. The van der Waals surface area contributed by atoms with Crippen molar-refractivity contribution in [2.45, 2.75) is 50.6 Å². The van der Waals surface area contributed by atoms with E-state index in [0.29, 0.717) is 23.9 Å². The van der Waals surface area contributed by atoms with E-state index in [9.17, 15) is 0 Å². The van der Waals surface area contributed by atoms with E-state index in [1.54, 1.807) is 11.1 Å². The average Bonchev–Trinajstić information content (AvgIpc) is 3.19. The molecule has 2 aromatic rings. The highest BCUT2D eigenvalue weighted by Gasteiger charge is 2.45. The number of nitrogens with zero attached hydrogens (tertiary/aromatic N) is 4. The third-order valence-corrected chi connectivity index (χ3v) is 8.94. The summed E-state index contributed by atoms with van der Waals surface area (Å²) in [5.41, 5.74) is 3.10. The summed E-state index contributed by atoms with van der Waals surface area (Å²) >= 11 is 0. The van der Waals surface area contributed by atoms with Crippen LogP contribution in [-0.2, 0) is 0 Å². The first kappa shape index (κ1) is 24.0. The van der Waals surface area contributed by atoms with Crippen LogP contribution < -0.4 is 0 Å². The summed E-state index contributed by atoms with van der Waals surface area (Å²) in [5, 5.41) is 5.43. The lowest BCUT2D eigenvalue weighted by Crippen LogP contribution is -2.59. The largest absolute Gasteiger partial charge is 0.304 e. The molecule has 1 saturated carbocycles. The van der Waals surface area contributed by atoms with E-state index in [0.717, 1.165) is 5.92 Å². The van der Waals surface area contributed by atoms with Crippen molar-refractivity contribution < 1.29 is 0 Å². The van der Waals surface area contributed by atoms with Crippen LogP contribution in [-0.4, -0.2) is 79.3 Å². The first-order valence-electron chi connectivity index (χ1n) is 13.6. The summed E-state index contributed by atoms with van der Waals surface area (Å²) in [6.45, 7) is 9.46. The van der Waals surface area contributed by atoms with Gasteiger partial charge in [0.2, 0.25) is 0 Å². The lowest BCUT2D eigenvalue weighted by Gasteiger charge is -2.46. The molecule has 3 atom stereocenters. The van der Waals surface area contributed by atoms with E-state index in [1.807, 2.05) is 0 Å². The van der Waals surface area contributed by atoms with E-state index in [1.165, 1.54) is 65.0 Å². The van der Waals surface area contributed by atoms with Gasteiger partial charge in [0.05, 0.1) is 6.17 Å². The maximum atomic E-state index is 2.76. The number of benzene rings is 2. The molecule has 3 aliphatic heterocycles. The second-order valence-electron chi connectivity index (χ2n) is 11.1. The summed E-state index contributed by atoms with van der Waals surface area (Å²) in [7, 11) is 4.65. The molecule has 0 spiro atoms. The zero-order valence-electron chi connectivity index (χ0n) is 21.5. The van der Waals surface area contributed by atoms with Crippen molar-refractivity contribution >= 4 is 0 Å². The fourth-order valence-electron chi connectivity index (χ4n) is 7.06. The second kappa shape index (κ2) is 10.9. The summed E-state index contributed by atoms with van der Waals surface area (Å²) in [6, 6.07) is 22.8. The molecule has 0 amide bonds. The van der Waals surface area contributed by atoms with E-state index in [2.05, 4.69) is 102 Å². The van der Waals surface area contributed by atoms with Crippen molar-refractivity contribution in [3.05, 3.63) is 71.8 Å². The van der Waals surface area contributed by atoms with Crippen LogP contribution in [0.5, 0.6) is 0 Å². The lowest BCUT2D eigenvalue weighted by molar-refractivity contribution is -0.111. The Hall–Kier alpha value is -1.72. The average molecular weight is 461 g/mol. The van der Waals surface area contributed by atoms with Gasteiger partial charge in [0.25, 0.3) is 0 Å². The van der Waals surface area contributed by atoms with Gasteiger partial charge in [-0.25, -0.2) is 10.0 Å². The highest BCUT2D eigenvalue weighted by atomic mass is 15.7. The monoisotopic (exact) mass is 460 g/mol. The Kier molecular flexibility index (Phi) is 7.70. The molecule has 4 heteroatoms. The van der Waals surface area contributed by atoms with Gasteiger partial charge >= 0.3 is 0 Å². The minimum atomic E-state index is 0.515. The molecule has 0 radical (unpaired) electrons. The van der Waals surface area contributed by atoms with Gasteiger partial charge in [0.15, 0.2) is 0 Å². The Morgan fingerprint density at radius 3 is 1.91 bits per heavy atom. The molecule has 4 nitrogen and oxygen atoms in total. The van der Waals surface area contributed by atoms with Gasteiger partial charge in [0, 0.05) is 46.3 Å². The van der Waals surface area contributed by atoms with Gasteiger partial charge in [-0.05, 0) is 61.1 Å². The minimum absolute atomic E-state index is 0.515. The number of hydrazine groups is 1. The third-order valence-electron chi connectivity index (χ3n) is 8.94. The van der Waals surface area contributed by atoms with Crippen molar-refractivity contribution in [1.82, 2.24) is 19.8 Å². The smallest absolute Gasteiger partial charge is 0.0757 e. The van der Waals surface area contributed by atoms with E-state index >= 15 is 0 Å². The SMILES string of the molecule is CCCC(N1CCN(C)CC1)N(C)N1CC2CC(c3ccccc3)C(C1)C(c1ccccc1)C2. The molecule has 4 fully saturated rings. The molecule has 2 aromatic carbocycles. The van der Waals surface area contributed by atoms with Gasteiger partial charge in [-0.2, -0.15) is 0 Å². The Morgan fingerprint density at radius 1 is 0.824 bits per heavy atom. The number of piperazine rings is 1. The number of rotatable bonds is 7. The fraction of sp³-hybridized carbons (Fsp3) is 0.600. The second-order valence-corrected chi connectivity index (χ2v) is 11.1. The van der Waals surface area contributed by atoms with Gasteiger partial charge in [-0.15, -0.1) is 0 Å². The Labute approximate surface area is 207 Å². The topological polar surface area (TPSA) is 13.0 Å². The predicted octanol–water partition coefficient (Wildman–Crippen LogP) is 5.12. The van der Waals surface area contributed by atoms with Gasteiger partial charge in [-0.1, -0.05) is 74.0 Å². The first-order valence-corrected chi connectivity index (χ1v) is 13.6. The van der Waals surface area contributed by atoms with Crippen LogP contribution in [0.25, 0.3) is 0 Å². The summed E-state index contributed by atoms with van der Waals surface area (Å²) in [5.74, 6) is 2.70. The first-order chi connectivity index (χ1) is 16.6. The van der Waals surface area contributed by atoms with Crippen molar-refractivity contribution in [3.63, 3.8) is 0 Å². The minimum Gasteiger partial charge on any atom is -0.304 e. The molecule has 2 bridgehead atoms. The highest BCUT2D eigenvalue weighted by molar-refractivity contribution is 5.28. The molecule has 1 aliphatic carbocycles. The van der Waals surface area contributed by atoms with Crippen molar-refractivity contribution in [1.29, 1.82) is 0 Å². The summed E-state index contributed by atoms with van der Waals surface area (Å²) in [4.78, 5) is 5.22. The summed E-state index contributed by atoms with van der Waals surface area (Å²) in [6.07, 6.45) is 5.66. The standard InChI is InChI=1S/C30H44N4/c1-4-11-30(33-18-16-31(2)17-19-33)32(3)34-22-24-20-27(25-12-7-5-8-13-25)29(23-34)28(21-24)26-14-9-6-10-15-26/h5-10,12-15,24,27-30H,4,11,16-23H2,1-3H3. The van der Waals surface area contributed by atoms with Gasteiger partial charge < -0.3 is 4.90 Å². The van der Waals surface area contributed by atoms with Crippen LogP contribution in [0.2, 0.25) is 0 Å². The van der Waals surface area contributed by atoms with Crippen LogP contribution in [0.4, 0.5) is 0 Å². The van der Waals surface area contributed by atoms with Crippen LogP contribution >= 0.6 is 0 Å². The van der Waals surface area contributed by atoms with Crippen molar-refractivity contribution in [3.8, 4) is 0 Å².